The summed E-state index contributed by atoms with van der Waals surface area (Å²) >= 11 is 3.36. The number of hydrogen-bond donors (Lipinski definition) is 1. The van der Waals surface area contributed by atoms with Gasteiger partial charge in [0, 0.05) is 15.7 Å². The molecule has 1 heterocycles. The van der Waals surface area contributed by atoms with Crippen LogP contribution in [0.4, 0.5) is 5.69 Å². The lowest BCUT2D eigenvalue weighted by Gasteiger charge is -2.09. The van der Waals surface area contributed by atoms with Gasteiger partial charge in [-0.2, -0.15) is 0 Å². The minimum absolute atomic E-state index is 0.173. The zero-order valence-electron chi connectivity index (χ0n) is 11.7. The Morgan fingerprint density at radius 2 is 2.09 bits per heavy atom. The van der Waals surface area contributed by atoms with Crippen LogP contribution in [-0.2, 0) is 0 Å². The van der Waals surface area contributed by atoms with Gasteiger partial charge in [0.1, 0.15) is 6.33 Å². The van der Waals surface area contributed by atoms with Gasteiger partial charge < -0.3 is 5.32 Å². The molecule has 0 radical (unpaired) electrons. The summed E-state index contributed by atoms with van der Waals surface area (Å²) in [7, 11) is 0. The molecule has 7 heteroatoms. The first-order valence-electron chi connectivity index (χ1n) is 6.54. The molecule has 1 amide bonds. The Balaban J connectivity index is 1.87. The maximum atomic E-state index is 12.3. The van der Waals surface area contributed by atoms with Crippen molar-refractivity contribution in [2.24, 2.45) is 0 Å². The number of aromatic nitrogens is 4. The molecule has 0 saturated carbocycles. The van der Waals surface area contributed by atoms with Crippen LogP contribution in [0.15, 0.2) is 53.3 Å². The summed E-state index contributed by atoms with van der Waals surface area (Å²) in [5.74, 6) is -0.173. The van der Waals surface area contributed by atoms with Crippen molar-refractivity contribution in [1.29, 1.82) is 0 Å². The van der Waals surface area contributed by atoms with Crippen molar-refractivity contribution in [2.45, 2.75) is 6.92 Å². The molecular weight excluding hydrogens is 346 g/mol. The van der Waals surface area contributed by atoms with Crippen molar-refractivity contribution in [2.75, 3.05) is 5.32 Å². The van der Waals surface area contributed by atoms with E-state index in [2.05, 4.69) is 36.8 Å². The molecule has 0 atom stereocenters. The fourth-order valence-corrected chi connectivity index (χ4v) is 2.44. The number of halogens is 1. The van der Waals surface area contributed by atoms with E-state index < -0.39 is 0 Å². The van der Waals surface area contributed by atoms with E-state index in [9.17, 15) is 4.79 Å². The van der Waals surface area contributed by atoms with E-state index in [1.165, 1.54) is 6.33 Å². The fourth-order valence-electron chi connectivity index (χ4n) is 2.04. The molecule has 1 aromatic heterocycles. The number of aryl methyl sites for hydroxylation is 1. The number of carbonyl (C=O) groups is 1. The molecule has 6 nitrogen and oxygen atoms in total. The fraction of sp³-hybridized carbons (Fsp3) is 0.0667. The van der Waals surface area contributed by atoms with Gasteiger partial charge in [0.05, 0.1) is 5.69 Å². The minimum Gasteiger partial charge on any atom is -0.322 e. The maximum absolute atomic E-state index is 12.3. The van der Waals surface area contributed by atoms with Crippen LogP contribution in [0.1, 0.15) is 15.9 Å². The number of amides is 1. The van der Waals surface area contributed by atoms with Crippen molar-refractivity contribution >= 4 is 27.5 Å². The van der Waals surface area contributed by atoms with Crippen molar-refractivity contribution in [3.8, 4) is 5.69 Å². The topological polar surface area (TPSA) is 72.7 Å². The number of tetrazole rings is 1. The van der Waals surface area contributed by atoms with Crippen molar-refractivity contribution in [3.63, 3.8) is 0 Å². The third-order valence-electron chi connectivity index (χ3n) is 3.15. The van der Waals surface area contributed by atoms with Crippen LogP contribution >= 0.6 is 15.9 Å². The zero-order valence-corrected chi connectivity index (χ0v) is 13.3. The summed E-state index contributed by atoms with van der Waals surface area (Å²) in [6, 6.07) is 12.8. The van der Waals surface area contributed by atoms with E-state index in [0.717, 1.165) is 15.7 Å². The summed E-state index contributed by atoms with van der Waals surface area (Å²) in [6.07, 6.45) is 1.52. The molecule has 0 aliphatic carbocycles. The second-order valence-corrected chi connectivity index (χ2v) is 5.64. The van der Waals surface area contributed by atoms with E-state index in [1.54, 1.807) is 16.8 Å². The standard InChI is InChI=1S/C15H12BrN5O/c1-10-5-6-13(8-14(10)21-9-17-19-20-21)18-15(22)11-3-2-4-12(16)7-11/h2-9H,1H3,(H,18,22). The molecule has 0 fully saturated rings. The van der Waals surface area contributed by atoms with Crippen LogP contribution in [0.5, 0.6) is 0 Å². The summed E-state index contributed by atoms with van der Waals surface area (Å²) < 4.78 is 2.42. The summed E-state index contributed by atoms with van der Waals surface area (Å²) in [5, 5.41) is 14.0. The zero-order chi connectivity index (χ0) is 15.5. The Kier molecular flexibility index (Phi) is 3.97. The van der Waals surface area contributed by atoms with Crippen molar-refractivity contribution < 1.29 is 4.79 Å². The lowest BCUT2D eigenvalue weighted by molar-refractivity contribution is 0.102. The summed E-state index contributed by atoms with van der Waals surface area (Å²) in [5.41, 5.74) is 3.09. The van der Waals surface area contributed by atoms with E-state index in [1.807, 2.05) is 37.3 Å². The Morgan fingerprint density at radius 3 is 2.82 bits per heavy atom. The Labute approximate surface area is 135 Å². The van der Waals surface area contributed by atoms with Crippen molar-refractivity contribution in [3.05, 3.63) is 64.4 Å². The molecule has 0 aliphatic rings. The molecule has 3 rings (SSSR count). The first-order valence-corrected chi connectivity index (χ1v) is 7.34. The van der Waals surface area contributed by atoms with Crippen LogP contribution in [0.25, 0.3) is 5.69 Å². The normalized spacial score (nSPS) is 10.5. The van der Waals surface area contributed by atoms with E-state index in [-0.39, 0.29) is 5.91 Å². The van der Waals surface area contributed by atoms with E-state index in [0.29, 0.717) is 11.3 Å². The molecule has 0 aliphatic heterocycles. The molecular formula is C15H12BrN5O. The highest BCUT2D eigenvalue weighted by molar-refractivity contribution is 9.10. The number of hydrogen-bond acceptors (Lipinski definition) is 4. The maximum Gasteiger partial charge on any atom is 0.255 e. The summed E-state index contributed by atoms with van der Waals surface area (Å²) in [4.78, 5) is 12.3. The van der Waals surface area contributed by atoms with Gasteiger partial charge in [0.25, 0.3) is 5.91 Å². The molecule has 22 heavy (non-hydrogen) atoms. The SMILES string of the molecule is Cc1ccc(NC(=O)c2cccc(Br)c2)cc1-n1cnnn1. The number of rotatable bonds is 3. The van der Waals surface area contributed by atoms with Gasteiger partial charge in [0.2, 0.25) is 0 Å². The van der Waals surface area contributed by atoms with Crippen molar-refractivity contribution in [1.82, 2.24) is 20.2 Å². The van der Waals surface area contributed by atoms with Gasteiger partial charge in [0.15, 0.2) is 0 Å². The highest BCUT2D eigenvalue weighted by Crippen LogP contribution is 2.19. The smallest absolute Gasteiger partial charge is 0.255 e. The van der Waals surface area contributed by atoms with Crippen LogP contribution in [0.3, 0.4) is 0 Å². The lowest BCUT2D eigenvalue weighted by atomic mass is 10.1. The van der Waals surface area contributed by atoms with Gasteiger partial charge in [-0.05, 0) is 53.2 Å². The van der Waals surface area contributed by atoms with Gasteiger partial charge in [-0.25, -0.2) is 4.68 Å². The number of benzene rings is 2. The quantitative estimate of drug-likeness (QED) is 0.781. The molecule has 0 unspecified atom stereocenters. The molecule has 3 aromatic rings. The Hall–Kier alpha value is -2.54. The predicted molar refractivity (Wildman–Crippen MR) is 86.0 cm³/mol. The van der Waals surface area contributed by atoms with Crippen LogP contribution in [0, 0.1) is 6.92 Å². The number of anilines is 1. The number of nitrogens with zero attached hydrogens (tertiary/aromatic N) is 4. The second-order valence-electron chi connectivity index (χ2n) is 4.72. The first-order chi connectivity index (χ1) is 10.6. The average molecular weight is 358 g/mol. The second kappa shape index (κ2) is 6.07. The highest BCUT2D eigenvalue weighted by Gasteiger charge is 2.09. The molecule has 1 N–H and O–H groups in total. The van der Waals surface area contributed by atoms with Crippen LogP contribution in [-0.4, -0.2) is 26.1 Å². The third kappa shape index (κ3) is 3.04. The van der Waals surface area contributed by atoms with Gasteiger partial charge >= 0.3 is 0 Å². The Morgan fingerprint density at radius 1 is 1.23 bits per heavy atom. The lowest BCUT2D eigenvalue weighted by Crippen LogP contribution is -2.12. The molecule has 0 bridgehead atoms. The molecule has 0 saturated heterocycles. The predicted octanol–water partition coefficient (Wildman–Crippen LogP) is 2.99. The first kappa shape index (κ1) is 14.4. The van der Waals surface area contributed by atoms with E-state index >= 15 is 0 Å². The largest absolute Gasteiger partial charge is 0.322 e. The number of nitrogens with one attached hydrogen (secondary N) is 1. The Bertz CT molecular complexity index is 817. The monoisotopic (exact) mass is 357 g/mol. The van der Waals surface area contributed by atoms with Gasteiger partial charge in [-0.15, -0.1) is 5.10 Å². The van der Waals surface area contributed by atoms with Crippen LogP contribution in [0.2, 0.25) is 0 Å². The molecule has 0 spiro atoms. The average Bonchev–Trinajstić information content (AvgIpc) is 3.03. The third-order valence-corrected chi connectivity index (χ3v) is 3.64. The molecule has 110 valence electrons. The van der Waals surface area contributed by atoms with Gasteiger partial charge in [-0.3, -0.25) is 4.79 Å². The number of carbonyl (C=O) groups excluding carboxylic acids is 1. The molecule has 2 aromatic carbocycles. The highest BCUT2D eigenvalue weighted by atomic mass is 79.9. The van der Waals surface area contributed by atoms with Gasteiger partial charge in [-0.1, -0.05) is 28.1 Å². The van der Waals surface area contributed by atoms with Crippen LogP contribution < -0.4 is 5.32 Å². The minimum atomic E-state index is -0.173. The summed E-state index contributed by atoms with van der Waals surface area (Å²) in [6.45, 7) is 1.96. The van der Waals surface area contributed by atoms with E-state index in [4.69, 9.17) is 0 Å².